The summed E-state index contributed by atoms with van der Waals surface area (Å²) in [5.74, 6) is -1.78. The van der Waals surface area contributed by atoms with Crippen LogP contribution in [0.1, 0.15) is 19.3 Å². The molecule has 0 heterocycles. The molecule has 1 amide bonds. The molecule has 0 aliphatic heterocycles. The van der Waals surface area contributed by atoms with Gasteiger partial charge < -0.3 is 15.2 Å². The molecule has 5 nitrogen and oxygen atoms in total. The van der Waals surface area contributed by atoms with Crippen LogP contribution in [0.2, 0.25) is 0 Å². The normalized spacial score (nSPS) is 20.4. The lowest BCUT2D eigenvalue weighted by Crippen LogP contribution is -2.44. The van der Waals surface area contributed by atoms with Crippen LogP contribution in [0.4, 0.5) is 4.39 Å². The summed E-state index contributed by atoms with van der Waals surface area (Å²) in [7, 11) is 0. The number of amides is 1. The lowest BCUT2D eigenvalue weighted by molar-refractivity contribution is -0.152. The van der Waals surface area contributed by atoms with Crippen molar-refractivity contribution in [1.29, 1.82) is 0 Å². The Morgan fingerprint density at radius 1 is 1.24 bits per heavy atom. The Balaban J connectivity index is 1.60. The van der Waals surface area contributed by atoms with Gasteiger partial charge in [0, 0.05) is 6.54 Å². The van der Waals surface area contributed by atoms with Crippen molar-refractivity contribution in [3.8, 4) is 5.75 Å². The molecule has 0 saturated heterocycles. The molecule has 1 aromatic carbocycles. The number of hydrogen-bond donors (Lipinski definition) is 2. The van der Waals surface area contributed by atoms with Crippen LogP contribution in [0, 0.1) is 17.7 Å². The number of ether oxygens (including phenoxy) is 1. The average molecular weight is 295 g/mol. The van der Waals surface area contributed by atoms with E-state index in [1.807, 2.05) is 0 Å². The molecule has 0 spiro atoms. The third-order valence-electron chi connectivity index (χ3n) is 3.63. The largest absolute Gasteiger partial charge is 0.494 e. The number of hydrogen-bond acceptors (Lipinski definition) is 3. The molecule has 2 unspecified atom stereocenters. The van der Waals surface area contributed by atoms with Gasteiger partial charge in [0.15, 0.2) is 0 Å². The van der Waals surface area contributed by atoms with Crippen LogP contribution in [0.5, 0.6) is 5.75 Å². The summed E-state index contributed by atoms with van der Waals surface area (Å²) in [5.41, 5.74) is 0. The van der Waals surface area contributed by atoms with Gasteiger partial charge in [-0.25, -0.2) is 4.39 Å². The Kier molecular flexibility index (Phi) is 5.14. The minimum Gasteiger partial charge on any atom is -0.494 e. The van der Waals surface area contributed by atoms with Crippen LogP contribution < -0.4 is 10.1 Å². The molecule has 0 bridgehead atoms. The van der Waals surface area contributed by atoms with Crippen molar-refractivity contribution in [2.75, 3.05) is 13.2 Å². The number of rotatable bonds is 7. The zero-order valence-corrected chi connectivity index (χ0v) is 11.5. The van der Waals surface area contributed by atoms with Crippen molar-refractivity contribution in [3.63, 3.8) is 0 Å². The maximum atomic E-state index is 12.7. The fraction of sp³-hybridized carbons (Fsp3) is 0.467. The Bertz CT molecular complexity index is 503. The summed E-state index contributed by atoms with van der Waals surface area (Å²) in [5, 5.41) is 11.6. The zero-order chi connectivity index (χ0) is 15.2. The molecule has 6 heteroatoms. The summed E-state index contributed by atoms with van der Waals surface area (Å²) < 4.78 is 18.1. The highest BCUT2D eigenvalue weighted by Crippen LogP contribution is 2.34. The number of benzene rings is 1. The number of aliphatic carboxylic acids is 1. The fourth-order valence-electron chi connectivity index (χ4n) is 2.25. The highest BCUT2D eigenvalue weighted by atomic mass is 19.1. The Morgan fingerprint density at radius 3 is 2.48 bits per heavy atom. The molecule has 2 N–H and O–H groups in total. The number of halogens is 1. The van der Waals surface area contributed by atoms with Crippen molar-refractivity contribution >= 4 is 11.9 Å². The number of carboxylic acids is 1. The van der Waals surface area contributed by atoms with Crippen molar-refractivity contribution in [2.24, 2.45) is 11.8 Å². The first kappa shape index (κ1) is 15.3. The molecule has 2 atom stereocenters. The van der Waals surface area contributed by atoms with E-state index in [1.165, 1.54) is 12.1 Å². The van der Waals surface area contributed by atoms with Gasteiger partial charge in [0.05, 0.1) is 18.4 Å². The number of carboxylic acid groups (broad SMARTS) is 1. The van der Waals surface area contributed by atoms with Gasteiger partial charge in [0.1, 0.15) is 11.6 Å². The second-order valence-electron chi connectivity index (χ2n) is 5.08. The molecule has 1 aliphatic rings. The number of carbonyl (C=O) groups excluding carboxylic acids is 1. The van der Waals surface area contributed by atoms with Gasteiger partial charge in [0.2, 0.25) is 5.91 Å². The second kappa shape index (κ2) is 7.06. The molecule has 1 aliphatic carbocycles. The van der Waals surface area contributed by atoms with E-state index < -0.39 is 17.8 Å². The topological polar surface area (TPSA) is 75.6 Å². The van der Waals surface area contributed by atoms with E-state index >= 15 is 0 Å². The van der Waals surface area contributed by atoms with Crippen molar-refractivity contribution in [1.82, 2.24) is 5.32 Å². The van der Waals surface area contributed by atoms with E-state index in [1.54, 1.807) is 12.1 Å². The summed E-state index contributed by atoms with van der Waals surface area (Å²) in [6, 6.07) is 5.72. The lowest BCUT2D eigenvalue weighted by Gasteiger charge is -2.31. The lowest BCUT2D eigenvalue weighted by atomic mass is 9.73. The Morgan fingerprint density at radius 2 is 1.90 bits per heavy atom. The third kappa shape index (κ3) is 4.18. The molecule has 0 aromatic heterocycles. The average Bonchev–Trinajstić information content (AvgIpc) is 2.38. The molecular formula is C15H18FNO4. The molecular weight excluding hydrogens is 277 g/mol. The summed E-state index contributed by atoms with van der Waals surface area (Å²) >= 11 is 0. The highest BCUT2D eigenvalue weighted by Gasteiger charge is 2.41. The third-order valence-corrected chi connectivity index (χ3v) is 3.63. The summed E-state index contributed by atoms with van der Waals surface area (Å²) in [6.45, 7) is 0.835. The SMILES string of the molecule is O=C(O)C1CCC1C(=O)NCCCOc1ccc(F)cc1. The standard InChI is InChI=1S/C15H18FNO4/c16-10-2-4-11(5-3-10)21-9-1-8-17-14(18)12-6-7-13(12)15(19)20/h2-5,12-13H,1,6-9H2,(H,17,18)(H,19,20). The molecule has 1 fully saturated rings. The van der Waals surface area contributed by atoms with Gasteiger partial charge in [-0.2, -0.15) is 0 Å². The maximum absolute atomic E-state index is 12.7. The Hall–Kier alpha value is -2.11. The first-order chi connectivity index (χ1) is 10.1. The zero-order valence-electron chi connectivity index (χ0n) is 11.5. The van der Waals surface area contributed by atoms with Crippen molar-refractivity contribution in [2.45, 2.75) is 19.3 Å². The van der Waals surface area contributed by atoms with E-state index in [4.69, 9.17) is 9.84 Å². The van der Waals surface area contributed by atoms with E-state index in [-0.39, 0.29) is 11.7 Å². The van der Waals surface area contributed by atoms with Gasteiger partial charge in [-0.3, -0.25) is 9.59 Å². The van der Waals surface area contributed by atoms with E-state index in [2.05, 4.69) is 5.32 Å². The van der Waals surface area contributed by atoms with Gasteiger partial charge >= 0.3 is 5.97 Å². The van der Waals surface area contributed by atoms with Gasteiger partial charge in [-0.05, 0) is 43.5 Å². The highest BCUT2D eigenvalue weighted by molar-refractivity contribution is 5.86. The predicted octanol–water partition coefficient (Wildman–Crippen LogP) is 1.82. The molecule has 0 radical (unpaired) electrons. The van der Waals surface area contributed by atoms with Gasteiger partial charge in [-0.1, -0.05) is 0 Å². The summed E-state index contributed by atoms with van der Waals surface area (Å²) in [4.78, 5) is 22.6. The van der Waals surface area contributed by atoms with E-state index in [0.29, 0.717) is 38.2 Å². The first-order valence-electron chi connectivity index (χ1n) is 6.97. The predicted molar refractivity (Wildman–Crippen MR) is 73.4 cm³/mol. The van der Waals surface area contributed by atoms with Crippen LogP contribution in [0.15, 0.2) is 24.3 Å². The van der Waals surface area contributed by atoms with Crippen LogP contribution >= 0.6 is 0 Å². The molecule has 21 heavy (non-hydrogen) atoms. The van der Waals surface area contributed by atoms with Crippen LogP contribution in [-0.4, -0.2) is 30.1 Å². The monoisotopic (exact) mass is 295 g/mol. The van der Waals surface area contributed by atoms with Gasteiger partial charge in [-0.15, -0.1) is 0 Å². The van der Waals surface area contributed by atoms with Crippen molar-refractivity contribution < 1.29 is 23.8 Å². The number of carbonyl (C=O) groups is 2. The van der Waals surface area contributed by atoms with E-state index in [0.717, 1.165) is 0 Å². The molecule has 1 saturated carbocycles. The van der Waals surface area contributed by atoms with Gasteiger partial charge in [0.25, 0.3) is 0 Å². The summed E-state index contributed by atoms with van der Waals surface area (Å²) in [6.07, 6.45) is 1.81. The Labute approximate surface area is 122 Å². The molecule has 1 aromatic rings. The minimum absolute atomic E-state index is 0.199. The maximum Gasteiger partial charge on any atom is 0.307 e. The first-order valence-corrected chi connectivity index (χ1v) is 6.97. The smallest absolute Gasteiger partial charge is 0.307 e. The minimum atomic E-state index is -0.902. The van der Waals surface area contributed by atoms with Crippen LogP contribution in [0.3, 0.4) is 0 Å². The molecule has 114 valence electrons. The van der Waals surface area contributed by atoms with E-state index in [9.17, 15) is 14.0 Å². The second-order valence-corrected chi connectivity index (χ2v) is 5.08. The fourth-order valence-corrected chi connectivity index (χ4v) is 2.25. The molecule has 2 rings (SSSR count). The van der Waals surface area contributed by atoms with Crippen LogP contribution in [-0.2, 0) is 9.59 Å². The van der Waals surface area contributed by atoms with Crippen LogP contribution in [0.25, 0.3) is 0 Å². The number of nitrogens with one attached hydrogen (secondary N) is 1. The quantitative estimate of drug-likeness (QED) is 0.752. The van der Waals surface area contributed by atoms with Crippen molar-refractivity contribution in [3.05, 3.63) is 30.1 Å².